The van der Waals surface area contributed by atoms with Gasteiger partial charge in [0.1, 0.15) is 17.2 Å². The molecule has 0 unspecified atom stereocenters. The number of ether oxygens (including phenoxy) is 1. The standard InChI is InChI=1S/C16H17N3O4/c1-11(14-7-4-8-23-14)18-19-15(20)10-17-16(21)12-5-3-6-13(9-12)22-2/h3-9H,10H2,1-2H3,(H,17,21)(H,19,20). The first-order valence-electron chi connectivity index (χ1n) is 6.89. The van der Waals surface area contributed by atoms with Crippen LogP contribution in [0, 0.1) is 0 Å². The fourth-order valence-corrected chi connectivity index (χ4v) is 1.75. The SMILES string of the molecule is COc1cccc(C(=O)NCC(=O)NN=C(C)c2ccco2)c1. The number of hydrazone groups is 1. The average Bonchev–Trinajstić information content (AvgIpc) is 3.12. The Labute approximate surface area is 133 Å². The van der Waals surface area contributed by atoms with Crippen LogP contribution in [0.1, 0.15) is 23.0 Å². The minimum Gasteiger partial charge on any atom is -0.497 e. The Morgan fingerprint density at radius 2 is 2.09 bits per heavy atom. The van der Waals surface area contributed by atoms with E-state index in [-0.39, 0.29) is 12.5 Å². The minimum absolute atomic E-state index is 0.190. The van der Waals surface area contributed by atoms with E-state index in [9.17, 15) is 9.59 Å². The van der Waals surface area contributed by atoms with Crippen molar-refractivity contribution in [3.8, 4) is 5.75 Å². The molecule has 2 aromatic rings. The summed E-state index contributed by atoms with van der Waals surface area (Å²) >= 11 is 0. The molecule has 1 aromatic carbocycles. The second kappa shape index (κ2) is 7.79. The largest absolute Gasteiger partial charge is 0.497 e. The molecule has 0 fully saturated rings. The zero-order valence-corrected chi connectivity index (χ0v) is 12.8. The van der Waals surface area contributed by atoms with E-state index in [0.29, 0.717) is 22.8 Å². The highest BCUT2D eigenvalue weighted by atomic mass is 16.5. The van der Waals surface area contributed by atoms with Crippen LogP contribution >= 0.6 is 0 Å². The molecule has 0 saturated heterocycles. The highest BCUT2D eigenvalue weighted by Crippen LogP contribution is 2.12. The molecule has 2 amide bonds. The van der Waals surface area contributed by atoms with Crippen molar-refractivity contribution in [2.45, 2.75) is 6.92 Å². The zero-order valence-electron chi connectivity index (χ0n) is 12.8. The molecule has 0 aliphatic carbocycles. The lowest BCUT2D eigenvalue weighted by Crippen LogP contribution is -2.35. The van der Waals surface area contributed by atoms with Gasteiger partial charge in [-0.25, -0.2) is 5.43 Å². The van der Waals surface area contributed by atoms with Crippen molar-refractivity contribution in [2.24, 2.45) is 5.10 Å². The number of carbonyl (C=O) groups is 2. The number of nitrogens with one attached hydrogen (secondary N) is 2. The summed E-state index contributed by atoms with van der Waals surface area (Å²) in [4.78, 5) is 23.6. The zero-order chi connectivity index (χ0) is 16.7. The highest BCUT2D eigenvalue weighted by Gasteiger charge is 2.09. The fraction of sp³-hybridized carbons (Fsp3) is 0.188. The number of benzene rings is 1. The van der Waals surface area contributed by atoms with E-state index < -0.39 is 5.91 Å². The number of hydrogen-bond donors (Lipinski definition) is 2. The molecule has 0 radical (unpaired) electrons. The molecule has 7 nitrogen and oxygen atoms in total. The monoisotopic (exact) mass is 315 g/mol. The molecule has 23 heavy (non-hydrogen) atoms. The van der Waals surface area contributed by atoms with Crippen LogP contribution in [0.25, 0.3) is 0 Å². The predicted octanol–water partition coefficient (Wildman–Crippen LogP) is 1.56. The van der Waals surface area contributed by atoms with Crippen LogP contribution in [0.4, 0.5) is 0 Å². The number of carbonyl (C=O) groups excluding carboxylic acids is 2. The van der Waals surface area contributed by atoms with Crippen LogP contribution in [0.5, 0.6) is 5.75 Å². The van der Waals surface area contributed by atoms with Gasteiger partial charge in [-0.2, -0.15) is 5.10 Å². The third kappa shape index (κ3) is 4.70. The molecule has 7 heteroatoms. The molecule has 1 heterocycles. The van der Waals surface area contributed by atoms with E-state index in [4.69, 9.17) is 9.15 Å². The van der Waals surface area contributed by atoms with Crippen LogP contribution in [0.2, 0.25) is 0 Å². The Morgan fingerprint density at radius 3 is 2.78 bits per heavy atom. The van der Waals surface area contributed by atoms with Crippen molar-refractivity contribution in [1.82, 2.24) is 10.7 Å². The summed E-state index contributed by atoms with van der Waals surface area (Å²) in [5.74, 6) is 0.324. The molecule has 120 valence electrons. The summed E-state index contributed by atoms with van der Waals surface area (Å²) in [6, 6.07) is 10.1. The summed E-state index contributed by atoms with van der Waals surface area (Å²) in [6.45, 7) is 1.51. The first kappa shape index (κ1) is 16.3. The van der Waals surface area contributed by atoms with Crippen molar-refractivity contribution in [1.29, 1.82) is 0 Å². The van der Waals surface area contributed by atoms with Gasteiger partial charge in [-0.1, -0.05) is 6.07 Å². The van der Waals surface area contributed by atoms with Crippen molar-refractivity contribution in [3.63, 3.8) is 0 Å². The second-order valence-corrected chi connectivity index (χ2v) is 4.62. The lowest BCUT2D eigenvalue weighted by Gasteiger charge is -2.06. The van der Waals surface area contributed by atoms with Gasteiger partial charge in [-0.15, -0.1) is 0 Å². The van der Waals surface area contributed by atoms with Gasteiger partial charge in [-0.3, -0.25) is 9.59 Å². The maximum absolute atomic E-state index is 11.9. The minimum atomic E-state index is -0.438. The van der Waals surface area contributed by atoms with Gasteiger partial charge in [0.15, 0.2) is 0 Å². The van der Waals surface area contributed by atoms with Gasteiger partial charge in [0.2, 0.25) is 0 Å². The smallest absolute Gasteiger partial charge is 0.259 e. The van der Waals surface area contributed by atoms with Crippen LogP contribution < -0.4 is 15.5 Å². The van der Waals surface area contributed by atoms with Gasteiger partial charge in [0.05, 0.1) is 19.9 Å². The lowest BCUT2D eigenvalue weighted by atomic mass is 10.2. The lowest BCUT2D eigenvalue weighted by molar-refractivity contribution is -0.120. The number of rotatable bonds is 6. The number of methoxy groups -OCH3 is 1. The van der Waals surface area contributed by atoms with E-state index >= 15 is 0 Å². The Hall–Kier alpha value is -3.09. The number of amides is 2. The molecular formula is C16H17N3O4. The Kier molecular flexibility index (Phi) is 5.51. The van der Waals surface area contributed by atoms with Gasteiger partial charge in [0, 0.05) is 5.56 Å². The first-order chi connectivity index (χ1) is 11.1. The molecular weight excluding hydrogens is 298 g/mol. The summed E-state index contributed by atoms with van der Waals surface area (Å²) in [7, 11) is 1.52. The fourth-order valence-electron chi connectivity index (χ4n) is 1.75. The summed E-state index contributed by atoms with van der Waals surface area (Å²) in [5.41, 5.74) is 3.29. The molecule has 2 rings (SSSR count). The van der Waals surface area contributed by atoms with Gasteiger partial charge < -0.3 is 14.5 Å². The maximum Gasteiger partial charge on any atom is 0.259 e. The summed E-state index contributed by atoms with van der Waals surface area (Å²) in [5, 5.41) is 6.41. The number of furan rings is 1. The number of hydrogen-bond acceptors (Lipinski definition) is 5. The normalized spacial score (nSPS) is 11.0. The number of nitrogens with zero attached hydrogens (tertiary/aromatic N) is 1. The second-order valence-electron chi connectivity index (χ2n) is 4.62. The topological polar surface area (TPSA) is 92.9 Å². The van der Waals surface area contributed by atoms with Crippen molar-refractivity contribution in [2.75, 3.05) is 13.7 Å². The maximum atomic E-state index is 11.9. The van der Waals surface area contributed by atoms with Gasteiger partial charge in [-0.05, 0) is 37.3 Å². The Morgan fingerprint density at radius 1 is 1.26 bits per heavy atom. The van der Waals surface area contributed by atoms with Crippen LogP contribution in [0.3, 0.4) is 0 Å². The van der Waals surface area contributed by atoms with Crippen molar-refractivity contribution < 1.29 is 18.7 Å². The van der Waals surface area contributed by atoms with Crippen molar-refractivity contribution >= 4 is 17.5 Å². The molecule has 0 spiro atoms. The average molecular weight is 315 g/mol. The predicted molar refractivity (Wildman–Crippen MR) is 84.4 cm³/mol. The molecule has 0 atom stereocenters. The van der Waals surface area contributed by atoms with E-state index in [1.165, 1.54) is 13.4 Å². The molecule has 0 bridgehead atoms. The van der Waals surface area contributed by atoms with E-state index in [1.807, 2.05) is 0 Å². The van der Waals surface area contributed by atoms with Gasteiger partial charge >= 0.3 is 0 Å². The first-order valence-corrected chi connectivity index (χ1v) is 6.89. The third-order valence-corrected chi connectivity index (χ3v) is 2.97. The quantitative estimate of drug-likeness (QED) is 0.625. The van der Waals surface area contributed by atoms with Crippen LogP contribution in [-0.4, -0.2) is 31.2 Å². The summed E-state index contributed by atoms with van der Waals surface area (Å²) < 4.78 is 10.2. The van der Waals surface area contributed by atoms with Crippen LogP contribution in [-0.2, 0) is 4.79 Å². The molecule has 0 aliphatic heterocycles. The molecule has 1 aromatic heterocycles. The molecule has 0 saturated carbocycles. The van der Waals surface area contributed by atoms with Gasteiger partial charge in [0.25, 0.3) is 11.8 Å². The van der Waals surface area contributed by atoms with E-state index in [0.717, 1.165) is 0 Å². The van der Waals surface area contributed by atoms with E-state index in [1.54, 1.807) is 43.3 Å². The summed E-state index contributed by atoms with van der Waals surface area (Å²) in [6.07, 6.45) is 1.52. The highest BCUT2D eigenvalue weighted by molar-refractivity contribution is 5.98. The molecule has 2 N–H and O–H groups in total. The van der Waals surface area contributed by atoms with E-state index in [2.05, 4.69) is 15.8 Å². The molecule has 0 aliphatic rings. The third-order valence-electron chi connectivity index (χ3n) is 2.97. The van der Waals surface area contributed by atoms with Crippen molar-refractivity contribution in [3.05, 3.63) is 54.0 Å². The van der Waals surface area contributed by atoms with Crippen LogP contribution in [0.15, 0.2) is 52.2 Å². The Bertz CT molecular complexity index is 708. The Balaban J connectivity index is 1.84.